The van der Waals surface area contributed by atoms with Crippen LogP contribution in [0.5, 0.6) is 11.5 Å². The molecule has 9 heteroatoms. The van der Waals surface area contributed by atoms with Crippen LogP contribution in [0.4, 0.5) is 0 Å². The second kappa shape index (κ2) is 13.2. The van der Waals surface area contributed by atoms with Gasteiger partial charge in [0.15, 0.2) is 17.3 Å². The summed E-state index contributed by atoms with van der Waals surface area (Å²) in [4.78, 5) is 35.8. The number of rotatable bonds is 14. The summed E-state index contributed by atoms with van der Waals surface area (Å²) in [6.07, 6.45) is 0.909. The monoisotopic (exact) mass is 543 g/mol. The summed E-state index contributed by atoms with van der Waals surface area (Å²) < 4.78 is 11.9. The number of carbonyl (C=O) groups is 2. The lowest BCUT2D eigenvalue weighted by Gasteiger charge is -2.29. The van der Waals surface area contributed by atoms with Crippen molar-refractivity contribution >= 4 is 23.0 Å². The largest absolute Gasteiger partial charge is 0.503 e. The smallest absolute Gasteiger partial charge is 0.290 e. The number of aliphatic hydroxyl groups is 1. The van der Waals surface area contributed by atoms with Crippen LogP contribution >= 0.6 is 11.3 Å². The summed E-state index contributed by atoms with van der Waals surface area (Å²) >= 11 is 1.27. The van der Waals surface area contributed by atoms with E-state index in [-0.39, 0.29) is 11.4 Å². The highest BCUT2D eigenvalue weighted by molar-refractivity contribution is 7.14. The first-order valence-electron chi connectivity index (χ1n) is 13.5. The van der Waals surface area contributed by atoms with Crippen molar-refractivity contribution in [2.24, 2.45) is 5.92 Å². The van der Waals surface area contributed by atoms with Crippen LogP contribution in [0.15, 0.2) is 29.5 Å². The maximum Gasteiger partial charge on any atom is 0.290 e. The molecule has 1 aliphatic heterocycles. The number of hydrogen-bond acceptors (Lipinski definition) is 8. The van der Waals surface area contributed by atoms with Gasteiger partial charge >= 0.3 is 0 Å². The minimum absolute atomic E-state index is 0.0808. The molecule has 1 atom stereocenters. The molecule has 0 aliphatic carbocycles. The van der Waals surface area contributed by atoms with Crippen LogP contribution in [-0.4, -0.2) is 71.0 Å². The van der Waals surface area contributed by atoms with Gasteiger partial charge in [-0.2, -0.15) is 0 Å². The van der Waals surface area contributed by atoms with Crippen molar-refractivity contribution in [2.45, 2.75) is 60.9 Å². The molecule has 1 aromatic carbocycles. The van der Waals surface area contributed by atoms with Crippen molar-refractivity contribution in [3.8, 4) is 11.5 Å². The molecule has 3 rings (SSSR count). The Morgan fingerprint density at radius 1 is 1.16 bits per heavy atom. The first-order valence-corrected chi connectivity index (χ1v) is 14.3. The molecule has 38 heavy (non-hydrogen) atoms. The number of thiazole rings is 1. The number of Topliss-reactive ketones (excluding diaryl/α,β-unsaturated/α-hetero) is 1. The molecule has 0 bridgehead atoms. The number of amides is 1. The highest BCUT2D eigenvalue weighted by Crippen LogP contribution is 2.42. The first kappa shape index (κ1) is 29.6. The van der Waals surface area contributed by atoms with Gasteiger partial charge in [0.2, 0.25) is 5.78 Å². The summed E-state index contributed by atoms with van der Waals surface area (Å²) in [7, 11) is 0. The van der Waals surface area contributed by atoms with Crippen LogP contribution < -0.4 is 9.47 Å². The van der Waals surface area contributed by atoms with Crippen LogP contribution in [-0.2, 0) is 4.79 Å². The van der Waals surface area contributed by atoms with E-state index in [9.17, 15) is 14.7 Å². The second-order valence-electron chi connectivity index (χ2n) is 9.84. The van der Waals surface area contributed by atoms with Crippen LogP contribution in [0.2, 0.25) is 0 Å². The van der Waals surface area contributed by atoms with Crippen LogP contribution in [0.3, 0.4) is 0 Å². The summed E-state index contributed by atoms with van der Waals surface area (Å²) in [6, 6.07) is 4.75. The standard InChI is InChI=1S/C29H41N3O5S/c1-8-31(9-2)14-15-32-25(21-11-12-22(23(17-21)36-10-3)37-16-13-18(4)5)24(27(34)29(32)35)26(33)28-19(6)30-20(7)38-28/h11-12,17-18,25,34H,8-10,13-16H2,1-7H3. The SMILES string of the molecule is CCOc1cc(C2C(C(=O)c3sc(C)nc3C)=C(O)C(=O)N2CCN(CC)CC)ccc1OCCC(C)C. The number of aromatic nitrogens is 1. The van der Waals surface area contributed by atoms with Crippen molar-refractivity contribution in [1.82, 2.24) is 14.8 Å². The number of likely N-dealkylation sites (N-methyl/N-ethyl adjacent to an activating group) is 1. The van der Waals surface area contributed by atoms with Crippen LogP contribution in [0, 0.1) is 19.8 Å². The Hall–Kier alpha value is -2.91. The lowest BCUT2D eigenvalue weighted by molar-refractivity contribution is -0.129. The Morgan fingerprint density at radius 2 is 1.87 bits per heavy atom. The minimum atomic E-state index is -0.753. The van der Waals surface area contributed by atoms with Gasteiger partial charge in [-0.05, 0) is 63.9 Å². The molecule has 8 nitrogen and oxygen atoms in total. The number of hydrogen-bond donors (Lipinski definition) is 1. The van der Waals surface area contributed by atoms with Gasteiger partial charge in [-0.25, -0.2) is 4.98 Å². The molecule has 1 amide bonds. The topological polar surface area (TPSA) is 92.2 Å². The Balaban J connectivity index is 2.06. The van der Waals surface area contributed by atoms with E-state index in [1.807, 2.05) is 32.0 Å². The van der Waals surface area contributed by atoms with E-state index in [4.69, 9.17) is 9.47 Å². The van der Waals surface area contributed by atoms with Gasteiger partial charge in [0, 0.05) is 13.1 Å². The molecular formula is C29H41N3O5S. The van der Waals surface area contributed by atoms with E-state index in [2.05, 4.69) is 37.6 Å². The van der Waals surface area contributed by atoms with Crippen molar-refractivity contribution in [3.05, 3.63) is 50.7 Å². The molecule has 0 radical (unpaired) electrons. The van der Waals surface area contributed by atoms with Crippen molar-refractivity contribution in [3.63, 3.8) is 0 Å². The Labute approximate surface area is 230 Å². The van der Waals surface area contributed by atoms with E-state index < -0.39 is 17.7 Å². The van der Waals surface area contributed by atoms with Crippen molar-refractivity contribution in [2.75, 3.05) is 39.4 Å². The Bertz CT molecular complexity index is 1170. The van der Waals surface area contributed by atoms with Crippen molar-refractivity contribution < 1.29 is 24.2 Å². The number of carbonyl (C=O) groups excluding carboxylic acids is 2. The summed E-state index contributed by atoms with van der Waals surface area (Å²) in [5.41, 5.74) is 1.36. The van der Waals surface area contributed by atoms with E-state index in [1.165, 1.54) is 11.3 Å². The molecule has 1 unspecified atom stereocenters. The van der Waals surface area contributed by atoms with Gasteiger partial charge < -0.3 is 24.4 Å². The van der Waals surface area contributed by atoms with Crippen LogP contribution in [0.25, 0.3) is 0 Å². The fourth-order valence-electron chi connectivity index (χ4n) is 4.60. The minimum Gasteiger partial charge on any atom is -0.503 e. The molecule has 1 N–H and O–H groups in total. The summed E-state index contributed by atoms with van der Waals surface area (Å²) in [5, 5.41) is 11.8. The predicted octanol–water partition coefficient (Wildman–Crippen LogP) is 5.50. The fraction of sp³-hybridized carbons (Fsp3) is 0.552. The first-order chi connectivity index (χ1) is 18.1. The van der Waals surface area contributed by atoms with E-state index in [0.29, 0.717) is 59.9 Å². The molecule has 208 valence electrons. The lowest BCUT2D eigenvalue weighted by atomic mass is 9.94. The van der Waals surface area contributed by atoms with E-state index in [1.54, 1.807) is 11.8 Å². The second-order valence-corrected chi connectivity index (χ2v) is 11.0. The number of nitrogens with zero attached hydrogens (tertiary/aromatic N) is 3. The van der Waals surface area contributed by atoms with Gasteiger partial charge in [0.25, 0.3) is 5.91 Å². The molecule has 1 aromatic heterocycles. The van der Waals surface area contributed by atoms with E-state index >= 15 is 0 Å². The number of aliphatic hydroxyl groups excluding tert-OH is 1. The number of aryl methyl sites for hydroxylation is 2. The third kappa shape index (κ3) is 6.56. The zero-order valence-corrected chi connectivity index (χ0v) is 24.5. The molecule has 2 aromatic rings. The molecule has 1 aliphatic rings. The average molecular weight is 544 g/mol. The quantitative estimate of drug-likeness (QED) is 0.314. The maximum absolute atomic E-state index is 13.8. The highest BCUT2D eigenvalue weighted by atomic mass is 32.1. The van der Waals surface area contributed by atoms with Gasteiger partial charge in [-0.1, -0.05) is 33.8 Å². The van der Waals surface area contributed by atoms with Gasteiger partial charge in [0.1, 0.15) is 0 Å². The lowest BCUT2D eigenvalue weighted by Crippen LogP contribution is -2.38. The Morgan fingerprint density at radius 3 is 2.45 bits per heavy atom. The zero-order chi connectivity index (χ0) is 28.0. The molecular weight excluding hydrogens is 502 g/mol. The number of benzene rings is 1. The fourth-order valence-corrected chi connectivity index (χ4v) is 5.48. The third-order valence-electron chi connectivity index (χ3n) is 6.75. The van der Waals surface area contributed by atoms with Gasteiger partial charge in [-0.3, -0.25) is 9.59 Å². The van der Waals surface area contributed by atoms with Crippen molar-refractivity contribution in [1.29, 1.82) is 0 Å². The van der Waals surface area contributed by atoms with Gasteiger partial charge in [0.05, 0.1) is 40.4 Å². The number of ketones is 1. The molecule has 2 heterocycles. The van der Waals surface area contributed by atoms with Crippen LogP contribution in [0.1, 0.15) is 73.0 Å². The molecule has 0 spiro atoms. The Kier molecular flexibility index (Phi) is 10.3. The third-order valence-corrected chi connectivity index (χ3v) is 7.82. The van der Waals surface area contributed by atoms with E-state index in [0.717, 1.165) is 24.5 Å². The molecule has 0 saturated carbocycles. The normalized spacial score (nSPS) is 15.8. The molecule has 0 fully saturated rings. The zero-order valence-electron chi connectivity index (χ0n) is 23.7. The number of ether oxygens (including phenoxy) is 2. The highest BCUT2D eigenvalue weighted by Gasteiger charge is 2.44. The summed E-state index contributed by atoms with van der Waals surface area (Å²) in [5.74, 6) is 0.261. The summed E-state index contributed by atoms with van der Waals surface area (Å²) in [6.45, 7) is 17.6. The maximum atomic E-state index is 13.8. The van der Waals surface area contributed by atoms with Gasteiger partial charge in [-0.15, -0.1) is 11.3 Å². The average Bonchev–Trinajstić information content (AvgIpc) is 3.35. The molecule has 0 saturated heterocycles. The predicted molar refractivity (Wildman–Crippen MR) is 150 cm³/mol.